The van der Waals surface area contributed by atoms with Gasteiger partial charge in [0.1, 0.15) is 28.0 Å². The van der Waals surface area contributed by atoms with Crippen molar-refractivity contribution in [1.82, 2.24) is 24.5 Å². The number of aromatic nitrogens is 4. The Labute approximate surface area is 187 Å². The van der Waals surface area contributed by atoms with E-state index in [1.165, 1.54) is 22.9 Å². The summed E-state index contributed by atoms with van der Waals surface area (Å²) < 4.78 is 69.3. The lowest BCUT2D eigenvalue weighted by atomic mass is 9.97. The third-order valence-corrected chi connectivity index (χ3v) is 7.32. The number of nitrogens with zero attached hydrogens (tertiary/aromatic N) is 5. The molecule has 1 aliphatic heterocycles. The number of rotatable bonds is 5. The van der Waals surface area contributed by atoms with Crippen molar-refractivity contribution in [3.05, 3.63) is 59.7 Å². The van der Waals surface area contributed by atoms with Crippen molar-refractivity contribution >= 4 is 21.6 Å². The number of carbonyl (C=O) groups excluding carboxylic acids is 1. The van der Waals surface area contributed by atoms with Crippen molar-refractivity contribution in [2.75, 3.05) is 18.4 Å². The van der Waals surface area contributed by atoms with E-state index < -0.39 is 38.3 Å². The lowest BCUT2D eigenvalue weighted by Gasteiger charge is -2.30. The smallest absolute Gasteiger partial charge is 0.246 e. The van der Waals surface area contributed by atoms with E-state index in [1.807, 2.05) is 0 Å². The Morgan fingerprint density at radius 2 is 1.76 bits per heavy atom. The number of hydrogen-bond acceptors (Lipinski definition) is 6. The van der Waals surface area contributed by atoms with Crippen LogP contribution in [0.5, 0.6) is 0 Å². The lowest BCUT2D eigenvalue weighted by Crippen LogP contribution is -2.41. The van der Waals surface area contributed by atoms with E-state index in [2.05, 4.69) is 20.8 Å². The van der Waals surface area contributed by atoms with Crippen molar-refractivity contribution in [3.8, 4) is 5.69 Å². The minimum Gasteiger partial charge on any atom is -0.326 e. The van der Waals surface area contributed by atoms with Crippen molar-refractivity contribution in [2.45, 2.75) is 24.7 Å². The van der Waals surface area contributed by atoms with E-state index >= 15 is 0 Å². The molecule has 1 fully saturated rings. The van der Waals surface area contributed by atoms with Crippen molar-refractivity contribution in [2.24, 2.45) is 5.92 Å². The maximum atomic E-state index is 14.2. The first kappa shape index (κ1) is 22.9. The highest BCUT2D eigenvalue weighted by Crippen LogP contribution is 2.27. The normalized spacial score (nSPS) is 15.5. The summed E-state index contributed by atoms with van der Waals surface area (Å²) in [6, 6.07) is 6.20. The number of piperidine rings is 1. The summed E-state index contributed by atoms with van der Waals surface area (Å²) in [5.41, 5.74) is 0.386. The topological polar surface area (TPSA) is 110 Å². The van der Waals surface area contributed by atoms with Crippen LogP contribution in [0.25, 0.3) is 5.69 Å². The molecule has 1 aliphatic rings. The lowest BCUT2D eigenvalue weighted by molar-refractivity contribution is -0.120. The van der Waals surface area contributed by atoms with Crippen molar-refractivity contribution in [3.63, 3.8) is 0 Å². The van der Waals surface area contributed by atoms with Crippen LogP contribution in [-0.4, -0.2) is 51.9 Å². The molecular weight excluding hydrogens is 461 g/mol. The summed E-state index contributed by atoms with van der Waals surface area (Å²) in [5.74, 6) is -3.00. The number of halogens is 3. The van der Waals surface area contributed by atoms with Gasteiger partial charge in [-0.05, 0) is 66.6 Å². The second-order valence-electron chi connectivity index (χ2n) is 7.55. The van der Waals surface area contributed by atoms with Crippen LogP contribution in [0.15, 0.2) is 41.3 Å². The van der Waals surface area contributed by atoms with Crippen LogP contribution < -0.4 is 5.32 Å². The zero-order valence-electron chi connectivity index (χ0n) is 17.4. The molecule has 33 heavy (non-hydrogen) atoms. The number of carbonyl (C=O) groups is 1. The number of anilines is 1. The molecule has 1 amide bonds. The van der Waals surface area contributed by atoms with Gasteiger partial charge in [0.05, 0.1) is 0 Å². The number of aryl methyl sites for hydroxylation is 1. The fourth-order valence-corrected chi connectivity index (χ4v) is 5.17. The Hall–Kier alpha value is -3.32. The van der Waals surface area contributed by atoms with Gasteiger partial charge in [-0.3, -0.25) is 4.79 Å². The molecule has 9 nitrogen and oxygen atoms in total. The summed E-state index contributed by atoms with van der Waals surface area (Å²) in [6.45, 7) is 1.53. The molecule has 0 unspecified atom stereocenters. The molecule has 2 aromatic carbocycles. The number of hydrogen-bond donors (Lipinski definition) is 1. The van der Waals surface area contributed by atoms with Crippen LogP contribution in [0, 0.1) is 30.3 Å². The van der Waals surface area contributed by atoms with Crippen LogP contribution in [0.2, 0.25) is 0 Å². The van der Waals surface area contributed by atoms with Gasteiger partial charge in [0.25, 0.3) is 0 Å². The molecule has 0 atom stereocenters. The van der Waals surface area contributed by atoms with Gasteiger partial charge in [-0.1, -0.05) is 0 Å². The Morgan fingerprint density at radius 3 is 2.42 bits per heavy atom. The molecule has 0 saturated carbocycles. The molecule has 0 radical (unpaired) electrons. The summed E-state index contributed by atoms with van der Waals surface area (Å²) in [4.78, 5) is 12.0. The standard InChI is InChI=1S/C20H19F3N6O3S/c1-12-25-26-27-29(12)18-11-15(3-5-16(18)22)24-20(30)13-6-8-28(9-7-13)33(31,32)19-10-14(21)2-4-17(19)23/h2-5,10-11,13H,6-9H2,1H3,(H,24,30). The van der Waals surface area contributed by atoms with Gasteiger partial charge in [-0.2, -0.15) is 8.99 Å². The molecular formula is C20H19F3N6O3S. The van der Waals surface area contributed by atoms with E-state index in [0.717, 1.165) is 16.4 Å². The molecule has 1 N–H and O–H groups in total. The number of nitrogens with one attached hydrogen (secondary N) is 1. The highest BCUT2D eigenvalue weighted by molar-refractivity contribution is 7.89. The zero-order valence-corrected chi connectivity index (χ0v) is 18.2. The number of sulfonamides is 1. The predicted molar refractivity (Wildman–Crippen MR) is 110 cm³/mol. The molecule has 0 aliphatic carbocycles. The number of tetrazole rings is 1. The maximum Gasteiger partial charge on any atom is 0.246 e. The Morgan fingerprint density at radius 1 is 1.06 bits per heavy atom. The van der Waals surface area contributed by atoms with Gasteiger partial charge in [-0.15, -0.1) is 5.10 Å². The van der Waals surface area contributed by atoms with Crippen LogP contribution >= 0.6 is 0 Å². The van der Waals surface area contributed by atoms with Crippen LogP contribution in [0.1, 0.15) is 18.7 Å². The van der Waals surface area contributed by atoms with E-state index in [-0.39, 0.29) is 37.5 Å². The van der Waals surface area contributed by atoms with Gasteiger partial charge in [-0.25, -0.2) is 21.6 Å². The van der Waals surface area contributed by atoms with Crippen molar-refractivity contribution in [1.29, 1.82) is 0 Å². The average Bonchev–Trinajstić information content (AvgIpc) is 3.22. The van der Waals surface area contributed by atoms with E-state index in [4.69, 9.17) is 0 Å². The van der Waals surface area contributed by atoms with Crippen molar-refractivity contribution < 1.29 is 26.4 Å². The minimum absolute atomic E-state index is 0.0329. The molecule has 4 rings (SSSR count). The third kappa shape index (κ3) is 4.59. The molecule has 13 heteroatoms. The van der Waals surface area contributed by atoms with Crippen LogP contribution in [0.3, 0.4) is 0 Å². The SMILES string of the molecule is Cc1nnnn1-c1cc(NC(=O)C2CCN(S(=O)(=O)c3cc(F)ccc3F)CC2)ccc1F. The number of amides is 1. The Bertz CT molecular complexity index is 1310. The highest BCUT2D eigenvalue weighted by Gasteiger charge is 2.34. The summed E-state index contributed by atoms with van der Waals surface area (Å²) in [7, 11) is -4.24. The Balaban J connectivity index is 1.43. The van der Waals surface area contributed by atoms with Gasteiger partial charge in [0.15, 0.2) is 5.82 Å². The fraction of sp³-hybridized carbons (Fsp3) is 0.300. The molecule has 2 heterocycles. The van der Waals surface area contributed by atoms with Gasteiger partial charge in [0, 0.05) is 24.7 Å². The van der Waals surface area contributed by atoms with Crippen LogP contribution in [-0.2, 0) is 14.8 Å². The zero-order chi connectivity index (χ0) is 23.8. The predicted octanol–water partition coefficient (Wildman–Crippen LogP) is 2.43. The van der Waals surface area contributed by atoms with E-state index in [9.17, 15) is 26.4 Å². The molecule has 1 saturated heterocycles. The second kappa shape index (κ2) is 8.90. The van der Waals surface area contributed by atoms with Gasteiger partial charge < -0.3 is 5.32 Å². The third-order valence-electron chi connectivity index (χ3n) is 5.40. The van der Waals surface area contributed by atoms with E-state index in [1.54, 1.807) is 6.92 Å². The summed E-state index contributed by atoms with van der Waals surface area (Å²) >= 11 is 0. The molecule has 1 aromatic heterocycles. The first-order valence-electron chi connectivity index (χ1n) is 9.98. The second-order valence-corrected chi connectivity index (χ2v) is 9.45. The average molecular weight is 480 g/mol. The largest absolute Gasteiger partial charge is 0.326 e. The summed E-state index contributed by atoms with van der Waals surface area (Å²) in [6.07, 6.45) is 0.365. The molecule has 0 spiro atoms. The van der Waals surface area contributed by atoms with Gasteiger partial charge in [0.2, 0.25) is 15.9 Å². The number of benzene rings is 2. The fourth-order valence-electron chi connectivity index (χ4n) is 3.62. The van der Waals surface area contributed by atoms with Gasteiger partial charge >= 0.3 is 0 Å². The maximum absolute atomic E-state index is 14.2. The van der Waals surface area contributed by atoms with Crippen LogP contribution in [0.4, 0.5) is 18.9 Å². The monoisotopic (exact) mass is 480 g/mol. The minimum atomic E-state index is -4.24. The first-order valence-corrected chi connectivity index (χ1v) is 11.4. The Kier molecular flexibility index (Phi) is 6.17. The molecule has 3 aromatic rings. The highest BCUT2D eigenvalue weighted by atomic mass is 32.2. The summed E-state index contributed by atoms with van der Waals surface area (Å²) in [5, 5.41) is 13.6. The first-order chi connectivity index (χ1) is 15.7. The quantitative estimate of drug-likeness (QED) is 0.601. The molecule has 0 bridgehead atoms. The molecule has 174 valence electrons. The van der Waals surface area contributed by atoms with E-state index in [0.29, 0.717) is 17.6 Å².